The maximum absolute atomic E-state index is 5.62. The van der Waals surface area contributed by atoms with Gasteiger partial charge in [0, 0.05) is 12.5 Å². The lowest BCUT2D eigenvalue weighted by Crippen LogP contribution is -2.23. The molecule has 0 aromatic heterocycles. The molecule has 0 N–H and O–H groups in total. The monoisotopic (exact) mass is 192 g/mol. The Balaban J connectivity index is 2.21. The maximum atomic E-state index is 5.62. The number of hydrogen-bond donors (Lipinski definition) is 0. The molecule has 2 aliphatic carbocycles. The van der Waals surface area contributed by atoms with Gasteiger partial charge in [-0.25, -0.2) is 0 Å². The minimum absolute atomic E-state index is 0.271. The summed E-state index contributed by atoms with van der Waals surface area (Å²) in [6.45, 7) is 8.49. The highest BCUT2D eigenvalue weighted by Crippen LogP contribution is 2.68. The van der Waals surface area contributed by atoms with Crippen molar-refractivity contribution in [2.45, 2.75) is 39.2 Å². The molecule has 0 heterocycles. The highest BCUT2D eigenvalue weighted by Gasteiger charge is 2.63. The van der Waals surface area contributed by atoms with Crippen LogP contribution in [0.4, 0.5) is 0 Å². The van der Waals surface area contributed by atoms with Crippen LogP contribution in [0.25, 0.3) is 0 Å². The minimum atomic E-state index is 0.271. The fourth-order valence-corrected chi connectivity index (χ4v) is 3.00. The topological polar surface area (TPSA) is 9.23 Å². The maximum Gasteiger partial charge on any atom is 0.0850 e. The van der Waals surface area contributed by atoms with E-state index in [-0.39, 0.29) is 6.10 Å². The van der Waals surface area contributed by atoms with Gasteiger partial charge in [0.15, 0.2) is 0 Å². The van der Waals surface area contributed by atoms with E-state index < -0.39 is 0 Å². The number of rotatable bonds is 3. The number of methoxy groups -OCH3 is 1. The van der Waals surface area contributed by atoms with E-state index in [2.05, 4.69) is 26.5 Å². The molecular weight excluding hydrogens is 172 g/mol. The third-order valence-corrected chi connectivity index (χ3v) is 3.85. The molecule has 2 unspecified atom stereocenters. The first-order chi connectivity index (χ1) is 6.61. The van der Waals surface area contributed by atoms with E-state index in [9.17, 15) is 0 Å². The first kappa shape index (κ1) is 9.97. The van der Waals surface area contributed by atoms with Gasteiger partial charge < -0.3 is 4.74 Å². The van der Waals surface area contributed by atoms with Crippen molar-refractivity contribution < 1.29 is 4.74 Å². The van der Waals surface area contributed by atoms with E-state index >= 15 is 0 Å². The van der Waals surface area contributed by atoms with E-state index in [0.29, 0.717) is 5.41 Å². The molecular formula is C13H20O. The molecule has 3 atom stereocenters. The van der Waals surface area contributed by atoms with Crippen LogP contribution in [0.2, 0.25) is 0 Å². The van der Waals surface area contributed by atoms with Crippen molar-refractivity contribution in [1.82, 2.24) is 0 Å². The van der Waals surface area contributed by atoms with Crippen LogP contribution in [-0.2, 0) is 4.74 Å². The molecule has 0 radical (unpaired) electrons. The Morgan fingerprint density at radius 1 is 1.64 bits per heavy atom. The number of ether oxygens (including phenoxy) is 1. The van der Waals surface area contributed by atoms with Crippen LogP contribution in [0.1, 0.15) is 33.1 Å². The van der Waals surface area contributed by atoms with Crippen molar-refractivity contribution >= 4 is 0 Å². The molecule has 2 aliphatic rings. The fourth-order valence-electron chi connectivity index (χ4n) is 3.00. The molecule has 0 aromatic rings. The van der Waals surface area contributed by atoms with Gasteiger partial charge >= 0.3 is 0 Å². The first-order valence-electron chi connectivity index (χ1n) is 5.47. The summed E-state index contributed by atoms with van der Waals surface area (Å²) in [5.74, 6) is 0.857. The van der Waals surface area contributed by atoms with Crippen molar-refractivity contribution in [3.8, 4) is 0 Å². The van der Waals surface area contributed by atoms with Crippen molar-refractivity contribution in [2.24, 2.45) is 11.3 Å². The molecule has 0 spiro atoms. The Morgan fingerprint density at radius 3 is 2.71 bits per heavy atom. The third kappa shape index (κ3) is 1.26. The van der Waals surface area contributed by atoms with Crippen molar-refractivity contribution in [3.63, 3.8) is 0 Å². The largest absolute Gasteiger partial charge is 0.376 e. The number of fused-ring (bicyclic) bond motifs is 1. The lowest BCUT2D eigenvalue weighted by molar-refractivity contribution is 0.0896. The van der Waals surface area contributed by atoms with Gasteiger partial charge in [-0.05, 0) is 39.0 Å². The Labute approximate surface area is 86.8 Å². The van der Waals surface area contributed by atoms with Crippen LogP contribution < -0.4 is 0 Å². The predicted octanol–water partition coefficient (Wildman–Crippen LogP) is 3.32. The normalized spacial score (nSPS) is 36.5. The van der Waals surface area contributed by atoms with Gasteiger partial charge in [-0.1, -0.05) is 23.8 Å². The standard InChI is InChI=1S/C13H20O/c1-9(2)7-12(14-4)13-8-11(13)6-5-10(13)3/h7,11-12H,3,5-6,8H2,1-2,4H3/t11?,12-,13?/m1/s1. The molecule has 2 rings (SSSR count). The molecule has 2 fully saturated rings. The summed E-state index contributed by atoms with van der Waals surface area (Å²) in [5.41, 5.74) is 3.09. The van der Waals surface area contributed by atoms with Gasteiger partial charge in [0.05, 0.1) is 6.10 Å². The molecule has 0 aliphatic heterocycles. The van der Waals surface area contributed by atoms with Gasteiger partial charge in [-0.3, -0.25) is 0 Å². The summed E-state index contributed by atoms with van der Waals surface area (Å²) in [6.07, 6.45) is 6.37. The summed E-state index contributed by atoms with van der Waals surface area (Å²) in [5, 5.41) is 0. The number of allylic oxidation sites excluding steroid dienone is 1. The molecule has 1 nitrogen and oxygen atoms in total. The van der Waals surface area contributed by atoms with Gasteiger partial charge in [-0.2, -0.15) is 0 Å². The van der Waals surface area contributed by atoms with Gasteiger partial charge in [0.2, 0.25) is 0 Å². The highest BCUT2D eigenvalue weighted by molar-refractivity contribution is 5.33. The van der Waals surface area contributed by atoms with Crippen LogP contribution >= 0.6 is 0 Å². The zero-order valence-corrected chi connectivity index (χ0v) is 9.47. The molecule has 0 bridgehead atoms. The Hall–Kier alpha value is -0.560. The third-order valence-electron chi connectivity index (χ3n) is 3.85. The lowest BCUT2D eigenvalue weighted by atomic mass is 9.90. The Kier molecular flexibility index (Phi) is 2.30. The molecule has 0 saturated heterocycles. The second-order valence-corrected chi connectivity index (χ2v) is 4.98. The van der Waals surface area contributed by atoms with Crippen LogP contribution in [-0.4, -0.2) is 13.2 Å². The SMILES string of the molecule is C=C1CCC2CC12[C@@H](C=C(C)C)OC. The Bertz CT molecular complexity index is 286. The van der Waals surface area contributed by atoms with E-state index in [0.717, 1.165) is 5.92 Å². The van der Waals surface area contributed by atoms with Crippen LogP contribution in [0.5, 0.6) is 0 Å². The van der Waals surface area contributed by atoms with Crippen molar-refractivity contribution in [2.75, 3.05) is 7.11 Å². The molecule has 0 amide bonds. The average Bonchev–Trinajstić information content (AvgIpc) is 2.78. The van der Waals surface area contributed by atoms with E-state index in [4.69, 9.17) is 4.74 Å². The summed E-state index contributed by atoms with van der Waals surface area (Å²) in [4.78, 5) is 0. The van der Waals surface area contributed by atoms with Crippen molar-refractivity contribution in [1.29, 1.82) is 0 Å². The zero-order chi connectivity index (χ0) is 10.3. The van der Waals surface area contributed by atoms with Gasteiger partial charge in [0.1, 0.15) is 0 Å². The quantitative estimate of drug-likeness (QED) is 0.623. The summed E-state index contributed by atoms with van der Waals surface area (Å²) in [7, 11) is 1.82. The first-order valence-corrected chi connectivity index (χ1v) is 5.47. The van der Waals surface area contributed by atoms with E-state index in [1.54, 1.807) is 0 Å². The predicted molar refractivity (Wildman–Crippen MR) is 59.1 cm³/mol. The average molecular weight is 192 g/mol. The lowest BCUT2D eigenvalue weighted by Gasteiger charge is -2.23. The van der Waals surface area contributed by atoms with Crippen molar-refractivity contribution in [3.05, 3.63) is 23.8 Å². The number of hydrogen-bond acceptors (Lipinski definition) is 1. The van der Waals surface area contributed by atoms with E-state index in [1.165, 1.54) is 30.4 Å². The second kappa shape index (κ2) is 3.23. The molecule has 0 aromatic carbocycles. The fraction of sp³-hybridized carbons (Fsp3) is 0.692. The van der Waals surface area contributed by atoms with Crippen LogP contribution in [0.15, 0.2) is 23.8 Å². The van der Waals surface area contributed by atoms with Crippen LogP contribution in [0, 0.1) is 11.3 Å². The molecule has 78 valence electrons. The second-order valence-electron chi connectivity index (χ2n) is 4.98. The smallest absolute Gasteiger partial charge is 0.0850 e. The molecule has 2 saturated carbocycles. The van der Waals surface area contributed by atoms with Gasteiger partial charge in [0.25, 0.3) is 0 Å². The Morgan fingerprint density at radius 2 is 2.36 bits per heavy atom. The summed E-state index contributed by atoms with van der Waals surface area (Å²) in [6, 6.07) is 0. The summed E-state index contributed by atoms with van der Waals surface area (Å²) < 4.78 is 5.62. The highest BCUT2D eigenvalue weighted by atomic mass is 16.5. The molecule has 1 heteroatoms. The van der Waals surface area contributed by atoms with Gasteiger partial charge in [-0.15, -0.1) is 0 Å². The minimum Gasteiger partial charge on any atom is -0.376 e. The van der Waals surface area contributed by atoms with E-state index in [1.807, 2.05) is 7.11 Å². The summed E-state index contributed by atoms with van der Waals surface area (Å²) >= 11 is 0. The molecule has 14 heavy (non-hydrogen) atoms. The van der Waals surface area contributed by atoms with Crippen LogP contribution in [0.3, 0.4) is 0 Å². The zero-order valence-electron chi connectivity index (χ0n) is 9.47.